The molecule has 0 radical (unpaired) electrons. The minimum atomic E-state index is -0.612. The Bertz CT molecular complexity index is 481. The Morgan fingerprint density at radius 1 is 1.59 bits per heavy atom. The van der Waals surface area contributed by atoms with Crippen molar-refractivity contribution < 1.29 is 14.8 Å². The number of rotatable bonds is 2. The summed E-state index contributed by atoms with van der Waals surface area (Å²) in [6, 6.07) is 5.48. The van der Waals surface area contributed by atoms with Crippen LogP contribution in [0.25, 0.3) is 0 Å². The molecule has 90 valence electrons. The van der Waals surface area contributed by atoms with E-state index in [-0.39, 0.29) is 12.5 Å². The van der Waals surface area contributed by atoms with Crippen LogP contribution in [0.4, 0.5) is 5.69 Å². The molecule has 0 saturated carbocycles. The van der Waals surface area contributed by atoms with Gasteiger partial charge < -0.3 is 4.90 Å². The first-order valence-corrected chi connectivity index (χ1v) is 6.55. The van der Waals surface area contributed by atoms with Crippen molar-refractivity contribution in [2.24, 2.45) is 0 Å². The molecule has 1 aromatic carbocycles. The van der Waals surface area contributed by atoms with Crippen LogP contribution in [0.5, 0.6) is 0 Å². The van der Waals surface area contributed by atoms with E-state index in [9.17, 15) is 9.59 Å². The quantitative estimate of drug-likeness (QED) is 0.639. The number of hydroxylamine groups is 1. The Morgan fingerprint density at radius 2 is 2.35 bits per heavy atom. The van der Waals surface area contributed by atoms with Crippen LogP contribution in [-0.4, -0.2) is 29.3 Å². The van der Waals surface area contributed by atoms with E-state index in [1.807, 2.05) is 12.1 Å². The number of benzene rings is 1. The van der Waals surface area contributed by atoms with E-state index in [4.69, 9.17) is 5.21 Å². The second-order valence-electron chi connectivity index (χ2n) is 3.42. The average molecular weight is 317 g/mol. The molecule has 17 heavy (non-hydrogen) atoms. The monoisotopic (exact) mass is 316 g/mol. The molecule has 0 fully saturated rings. The molecule has 7 heteroatoms. The first kappa shape index (κ1) is 12.4. The van der Waals surface area contributed by atoms with E-state index >= 15 is 0 Å². The number of carbonyl (C=O) groups excluding carboxylic acids is 2. The standard InChI is InChI=1S/C10H9BrN2O3S/c11-6-1-2-7-8(3-6)17-5-10(15)13(7)4-9(14)12-16/h1-3,16H,4-5H2,(H,12,14). The van der Waals surface area contributed by atoms with Gasteiger partial charge in [0.05, 0.1) is 11.4 Å². The van der Waals surface area contributed by atoms with Crippen LogP contribution >= 0.6 is 27.7 Å². The highest BCUT2D eigenvalue weighted by atomic mass is 79.9. The predicted octanol–water partition coefficient (Wildman–Crippen LogP) is 1.39. The summed E-state index contributed by atoms with van der Waals surface area (Å²) in [5.74, 6) is -0.463. The summed E-state index contributed by atoms with van der Waals surface area (Å²) in [5, 5.41) is 8.49. The fraction of sp³-hybridized carbons (Fsp3) is 0.200. The molecule has 0 saturated heterocycles. The summed E-state index contributed by atoms with van der Waals surface area (Å²) in [6.45, 7) is -0.176. The summed E-state index contributed by atoms with van der Waals surface area (Å²) in [5.41, 5.74) is 2.22. The van der Waals surface area contributed by atoms with Gasteiger partial charge in [-0.3, -0.25) is 14.8 Å². The van der Waals surface area contributed by atoms with Gasteiger partial charge in [0.25, 0.3) is 5.91 Å². The highest BCUT2D eigenvalue weighted by molar-refractivity contribution is 9.10. The number of hydrogen-bond donors (Lipinski definition) is 2. The molecular weight excluding hydrogens is 308 g/mol. The average Bonchev–Trinajstić information content (AvgIpc) is 2.32. The molecule has 0 spiro atoms. The van der Waals surface area contributed by atoms with Crippen LogP contribution in [0.2, 0.25) is 0 Å². The van der Waals surface area contributed by atoms with Crippen molar-refractivity contribution in [2.75, 3.05) is 17.2 Å². The van der Waals surface area contributed by atoms with Crippen molar-refractivity contribution in [3.8, 4) is 0 Å². The van der Waals surface area contributed by atoms with Gasteiger partial charge in [0.2, 0.25) is 5.91 Å². The molecule has 1 aromatic rings. The van der Waals surface area contributed by atoms with Gasteiger partial charge in [-0.2, -0.15) is 0 Å². The Labute approximate surface area is 110 Å². The summed E-state index contributed by atoms with van der Waals surface area (Å²) >= 11 is 4.79. The third kappa shape index (κ3) is 2.62. The van der Waals surface area contributed by atoms with Crippen molar-refractivity contribution in [3.63, 3.8) is 0 Å². The van der Waals surface area contributed by atoms with Gasteiger partial charge in [-0.1, -0.05) is 15.9 Å². The zero-order valence-electron chi connectivity index (χ0n) is 8.64. The lowest BCUT2D eigenvalue weighted by molar-refractivity contribution is -0.129. The Kier molecular flexibility index (Phi) is 3.70. The van der Waals surface area contributed by atoms with Gasteiger partial charge in [-0.15, -0.1) is 11.8 Å². The Balaban J connectivity index is 2.33. The fourth-order valence-electron chi connectivity index (χ4n) is 1.53. The third-order valence-corrected chi connectivity index (χ3v) is 3.81. The van der Waals surface area contributed by atoms with Gasteiger partial charge in [-0.25, -0.2) is 5.48 Å². The summed E-state index contributed by atoms with van der Waals surface area (Å²) < 4.78 is 0.921. The molecular formula is C10H9BrN2O3S. The van der Waals surface area contributed by atoms with Crippen LogP contribution in [0.3, 0.4) is 0 Å². The number of nitrogens with one attached hydrogen (secondary N) is 1. The number of thioether (sulfide) groups is 1. The lowest BCUT2D eigenvalue weighted by Gasteiger charge is -2.28. The lowest BCUT2D eigenvalue weighted by atomic mass is 10.2. The molecule has 2 rings (SSSR count). The van der Waals surface area contributed by atoms with E-state index in [2.05, 4.69) is 15.9 Å². The maximum Gasteiger partial charge on any atom is 0.263 e. The minimum Gasteiger partial charge on any atom is -0.301 e. The third-order valence-electron chi connectivity index (χ3n) is 2.29. The predicted molar refractivity (Wildman–Crippen MR) is 67.1 cm³/mol. The second-order valence-corrected chi connectivity index (χ2v) is 5.35. The molecule has 0 unspecified atom stereocenters. The Morgan fingerprint density at radius 3 is 3.06 bits per heavy atom. The maximum absolute atomic E-state index is 11.7. The van der Waals surface area contributed by atoms with Crippen molar-refractivity contribution in [3.05, 3.63) is 22.7 Å². The number of hydrogen-bond acceptors (Lipinski definition) is 4. The fourth-order valence-corrected chi connectivity index (χ4v) is 3.01. The number of halogens is 1. The van der Waals surface area contributed by atoms with Crippen LogP contribution in [0.1, 0.15) is 0 Å². The zero-order chi connectivity index (χ0) is 12.4. The molecule has 0 aliphatic carbocycles. The van der Waals surface area contributed by atoms with Crippen LogP contribution in [0, 0.1) is 0 Å². The van der Waals surface area contributed by atoms with Crippen LogP contribution < -0.4 is 10.4 Å². The molecule has 5 nitrogen and oxygen atoms in total. The molecule has 0 atom stereocenters. The number of carbonyl (C=O) groups is 2. The van der Waals surface area contributed by atoms with Crippen molar-refractivity contribution >= 4 is 45.2 Å². The topological polar surface area (TPSA) is 69.6 Å². The number of nitrogens with zero attached hydrogens (tertiary/aromatic N) is 1. The van der Waals surface area contributed by atoms with E-state index in [1.165, 1.54) is 22.1 Å². The minimum absolute atomic E-state index is 0.145. The van der Waals surface area contributed by atoms with Crippen LogP contribution in [0.15, 0.2) is 27.6 Å². The number of fused-ring (bicyclic) bond motifs is 1. The van der Waals surface area contributed by atoms with Gasteiger partial charge in [-0.05, 0) is 18.2 Å². The van der Waals surface area contributed by atoms with E-state index in [1.54, 1.807) is 6.07 Å². The molecule has 2 amide bonds. The van der Waals surface area contributed by atoms with Crippen molar-refractivity contribution in [1.82, 2.24) is 5.48 Å². The van der Waals surface area contributed by atoms with Gasteiger partial charge >= 0.3 is 0 Å². The molecule has 0 aromatic heterocycles. The van der Waals surface area contributed by atoms with Crippen molar-refractivity contribution in [1.29, 1.82) is 0 Å². The van der Waals surface area contributed by atoms with E-state index in [0.717, 1.165) is 9.37 Å². The SMILES string of the molecule is O=C(CN1C(=O)CSc2cc(Br)ccc21)NO. The van der Waals surface area contributed by atoms with E-state index < -0.39 is 5.91 Å². The summed E-state index contributed by atoms with van der Waals surface area (Å²) in [4.78, 5) is 25.2. The second kappa shape index (κ2) is 5.07. The van der Waals surface area contributed by atoms with Gasteiger partial charge in [0.15, 0.2) is 0 Å². The van der Waals surface area contributed by atoms with Crippen molar-refractivity contribution in [2.45, 2.75) is 4.90 Å². The maximum atomic E-state index is 11.7. The first-order chi connectivity index (χ1) is 8.11. The molecule has 1 aliphatic rings. The highest BCUT2D eigenvalue weighted by Crippen LogP contribution is 2.36. The number of amides is 2. The molecule has 0 bridgehead atoms. The van der Waals surface area contributed by atoms with Gasteiger partial charge in [0.1, 0.15) is 6.54 Å². The smallest absolute Gasteiger partial charge is 0.263 e. The number of anilines is 1. The molecule has 1 heterocycles. The van der Waals surface area contributed by atoms with E-state index in [0.29, 0.717) is 11.4 Å². The molecule has 2 N–H and O–H groups in total. The zero-order valence-corrected chi connectivity index (χ0v) is 11.0. The largest absolute Gasteiger partial charge is 0.301 e. The molecule has 1 aliphatic heterocycles. The van der Waals surface area contributed by atoms with Crippen LogP contribution in [-0.2, 0) is 9.59 Å². The highest BCUT2D eigenvalue weighted by Gasteiger charge is 2.26. The summed E-state index contributed by atoms with van der Waals surface area (Å²) in [7, 11) is 0. The lowest BCUT2D eigenvalue weighted by Crippen LogP contribution is -2.42. The first-order valence-electron chi connectivity index (χ1n) is 4.77. The Hall–Kier alpha value is -1.05. The van der Waals surface area contributed by atoms with Gasteiger partial charge in [0, 0.05) is 9.37 Å². The summed E-state index contributed by atoms with van der Waals surface area (Å²) in [6.07, 6.45) is 0. The normalized spacial score (nSPS) is 14.5.